The molecule has 1 aromatic rings. The van der Waals surface area contributed by atoms with E-state index in [9.17, 15) is 8.42 Å². The van der Waals surface area contributed by atoms with Crippen LogP contribution in [0.25, 0.3) is 0 Å². The van der Waals surface area contributed by atoms with Crippen molar-refractivity contribution in [1.82, 2.24) is 14.2 Å². The summed E-state index contributed by atoms with van der Waals surface area (Å²) in [6.45, 7) is 6.26. The van der Waals surface area contributed by atoms with Gasteiger partial charge in [0.05, 0.1) is 0 Å². The van der Waals surface area contributed by atoms with E-state index in [1.807, 2.05) is 12.3 Å². The van der Waals surface area contributed by atoms with Gasteiger partial charge in [-0.15, -0.1) is 0 Å². The monoisotopic (exact) mass is 311 g/mol. The van der Waals surface area contributed by atoms with Crippen LogP contribution in [0.1, 0.15) is 51.3 Å². The number of hydrogen-bond donors (Lipinski definition) is 1. The highest BCUT2D eigenvalue weighted by Gasteiger charge is 2.32. The summed E-state index contributed by atoms with van der Waals surface area (Å²) in [6.07, 6.45) is 6.12. The lowest BCUT2D eigenvalue weighted by molar-refractivity contribution is 0.477. The minimum atomic E-state index is -3.30. The molecular formula is C15H25N3O2S. The third-order valence-corrected chi connectivity index (χ3v) is 6.11. The Morgan fingerprint density at radius 3 is 2.52 bits per heavy atom. The highest BCUT2D eigenvalue weighted by molar-refractivity contribution is 7.89. The number of nitrogens with zero attached hydrogens (tertiary/aromatic N) is 2. The van der Waals surface area contributed by atoms with Gasteiger partial charge in [0.25, 0.3) is 0 Å². The van der Waals surface area contributed by atoms with Gasteiger partial charge in [0.2, 0.25) is 10.0 Å². The van der Waals surface area contributed by atoms with Crippen LogP contribution in [0, 0.1) is 0 Å². The molecule has 2 aliphatic rings. The van der Waals surface area contributed by atoms with Gasteiger partial charge in [0.15, 0.2) is 0 Å². The minimum absolute atomic E-state index is 0.395. The number of aromatic nitrogens is 1. The molecule has 118 valence electrons. The summed E-state index contributed by atoms with van der Waals surface area (Å²) in [5.74, 6) is 0. The van der Waals surface area contributed by atoms with E-state index in [0.29, 0.717) is 30.1 Å². The summed E-state index contributed by atoms with van der Waals surface area (Å²) in [7, 11) is -3.30. The molecule has 1 saturated heterocycles. The molecule has 1 saturated carbocycles. The van der Waals surface area contributed by atoms with Crippen molar-refractivity contribution < 1.29 is 8.42 Å². The quantitative estimate of drug-likeness (QED) is 0.875. The van der Waals surface area contributed by atoms with Gasteiger partial charge in [-0.2, -0.15) is 4.31 Å². The van der Waals surface area contributed by atoms with Crippen molar-refractivity contribution in [2.24, 2.45) is 0 Å². The second-order valence-corrected chi connectivity index (χ2v) is 8.39. The zero-order chi connectivity index (χ0) is 15.0. The number of sulfonamides is 1. The normalized spacial score (nSPS) is 20.5. The van der Waals surface area contributed by atoms with E-state index in [2.05, 4.69) is 23.7 Å². The van der Waals surface area contributed by atoms with Crippen molar-refractivity contribution in [3.8, 4) is 0 Å². The van der Waals surface area contributed by atoms with Crippen LogP contribution in [0.15, 0.2) is 17.2 Å². The zero-order valence-electron chi connectivity index (χ0n) is 12.9. The van der Waals surface area contributed by atoms with Crippen molar-refractivity contribution >= 4 is 10.0 Å². The molecule has 0 spiro atoms. The van der Waals surface area contributed by atoms with E-state index in [0.717, 1.165) is 37.9 Å². The predicted molar refractivity (Wildman–Crippen MR) is 82.7 cm³/mol. The largest absolute Gasteiger partial charge is 0.346 e. The molecule has 0 radical (unpaired) electrons. The van der Waals surface area contributed by atoms with Crippen LogP contribution in [0.5, 0.6) is 0 Å². The molecule has 0 aromatic carbocycles. The second kappa shape index (κ2) is 5.74. The lowest BCUT2D eigenvalue weighted by Gasteiger charge is -2.13. The zero-order valence-corrected chi connectivity index (χ0v) is 13.7. The Morgan fingerprint density at radius 1 is 1.29 bits per heavy atom. The van der Waals surface area contributed by atoms with E-state index in [1.165, 1.54) is 0 Å². The standard InChI is InChI=1S/C15H25N3O2S/c1-12(2)16-10-14-9-15(11-18(14)13-5-6-13)21(19,20)17-7-3-4-8-17/h9,11-13,16H,3-8,10H2,1-2H3. The highest BCUT2D eigenvalue weighted by atomic mass is 32.2. The van der Waals surface area contributed by atoms with Crippen molar-refractivity contribution in [2.75, 3.05) is 13.1 Å². The van der Waals surface area contributed by atoms with Crippen LogP contribution in [0.3, 0.4) is 0 Å². The molecule has 1 aliphatic heterocycles. The van der Waals surface area contributed by atoms with Crippen LogP contribution < -0.4 is 5.32 Å². The molecule has 3 rings (SSSR count). The summed E-state index contributed by atoms with van der Waals surface area (Å²) >= 11 is 0. The van der Waals surface area contributed by atoms with Gasteiger partial charge in [-0.1, -0.05) is 13.8 Å². The molecule has 0 bridgehead atoms. The van der Waals surface area contributed by atoms with Crippen molar-refractivity contribution in [1.29, 1.82) is 0 Å². The Balaban J connectivity index is 1.87. The maximum absolute atomic E-state index is 12.7. The van der Waals surface area contributed by atoms with Gasteiger partial charge >= 0.3 is 0 Å². The number of nitrogens with one attached hydrogen (secondary N) is 1. The SMILES string of the molecule is CC(C)NCc1cc(S(=O)(=O)N2CCCC2)cn1C1CC1. The van der Waals surface area contributed by atoms with Gasteiger partial charge in [0, 0.05) is 43.6 Å². The predicted octanol–water partition coefficient (Wildman–Crippen LogP) is 2.11. The Kier molecular flexibility index (Phi) is 4.12. The first-order chi connectivity index (χ1) is 9.98. The third-order valence-electron chi connectivity index (χ3n) is 4.24. The van der Waals surface area contributed by atoms with E-state index in [4.69, 9.17) is 0 Å². The van der Waals surface area contributed by atoms with E-state index < -0.39 is 10.0 Å². The summed E-state index contributed by atoms with van der Waals surface area (Å²) in [5.41, 5.74) is 1.09. The molecule has 1 aromatic heterocycles. The van der Waals surface area contributed by atoms with E-state index in [1.54, 1.807) is 4.31 Å². The fourth-order valence-corrected chi connectivity index (χ4v) is 4.43. The molecular weight excluding hydrogens is 286 g/mol. The lowest BCUT2D eigenvalue weighted by Crippen LogP contribution is -2.27. The molecule has 0 unspecified atom stereocenters. The molecule has 21 heavy (non-hydrogen) atoms. The molecule has 0 amide bonds. The van der Waals surface area contributed by atoms with Crippen LogP contribution in [0.2, 0.25) is 0 Å². The highest BCUT2D eigenvalue weighted by Crippen LogP contribution is 2.37. The molecule has 1 aliphatic carbocycles. The Morgan fingerprint density at radius 2 is 1.95 bits per heavy atom. The second-order valence-electron chi connectivity index (χ2n) is 6.45. The van der Waals surface area contributed by atoms with Crippen LogP contribution in [0.4, 0.5) is 0 Å². The molecule has 6 heteroatoms. The van der Waals surface area contributed by atoms with E-state index in [-0.39, 0.29) is 0 Å². The van der Waals surface area contributed by atoms with E-state index >= 15 is 0 Å². The van der Waals surface area contributed by atoms with Crippen LogP contribution in [-0.2, 0) is 16.6 Å². The first-order valence-corrected chi connectivity index (χ1v) is 9.37. The Labute approximate surface area is 127 Å². The average Bonchev–Trinajstić information content (AvgIpc) is 2.96. The number of hydrogen-bond acceptors (Lipinski definition) is 3. The van der Waals surface area contributed by atoms with Gasteiger partial charge in [-0.3, -0.25) is 0 Å². The third kappa shape index (κ3) is 3.17. The van der Waals surface area contributed by atoms with Gasteiger partial charge in [-0.05, 0) is 31.7 Å². The topological polar surface area (TPSA) is 54.3 Å². The fourth-order valence-electron chi connectivity index (χ4n) is 2.86. The van der Waals surface area contributed by atoms with Crippen molar-refractivity contribution in [3.63, 3.8) is 0 Å². The summed E-state index contributed by atoms with van der Waals surface area (Å²) in [6, 6.07) is 2.75. The summed E-state index contributed by atoms with van der Waals surface area (Å²) < 4.78 is 29.1. The lowest BCUT2D eigenvalue weighted by atomic mass is 10.3. The fraction of sp³-hybridized carbons (Fsp3) is 0.733. The maximum atomic E-state index is 12.7. The first kappa shape index (κ1) is 15.1. The average molecular weight is 311 g/mol. The summed E-state index contributed by atoms with van der Waals surface area (Å²) in [5, 5.41) is 3.39. The van der Waals surface area contributed by atoms with Gasteiger partial charge < -0.3 is 9.88 Å². The Hall–Kier alpha value is -0.850. The van der Waals surface area contributed by atoms with Crippen LogP contribution >= 0.6 is 0 Å². The molecule has 5 nitrogen and oxygen atoms in total. The molecule has 2 heterocycles. The van der Waals surface area contributed by atoms with Crippen LogP contribution in [-0.4, -0.2) is 36.4 Å². The summed E-state index contributed by atoms with van der Waals surface area (Å²) in [4.78, 5) is 0.469. The molecule has 1 N–H and O–H groups in total. The minimum Gasteiger partial charge on any atom is -0.346 e. The first-order valence-electron chi connectivity index (χ1n) is 7.93. The van der Waals surface area contributed by atoms with Crippen molar-refractivity contribution in [2.45, 2.75) is 63.1 Å². The smallest absolute Gasteiger partial charge is 0.244 e. The maximum Gasteiger partial charge on any atom is 0.244 e. The molecule has 0 atom stereocenters. The molecule has 2 fully saturated rings. The van der Waals surface area contributed by atoms with Crippen molar-refractivity contribution in [3.05, 3.63) is 18.0 Å². The Bertz CT molecular complexity index is 596. The van der Waals surface area contributed by atoms with Gasteiger partial charge in [-0.25, -0.2) is 8.42 Å². The van der Waals surface area contributed by atoms with Gasteiger partial charge in [0.1, 0.15) is 4.90 Å². The number of rotatable bonds is 6.